The number of benzene rings is 1. The molecule has 1 N–H and O–H groups in total. The lowest BCUT2D eigenvalue weighted by Crippen LogP contribution is -2.08. The number of hydrogen-bond donors (Lipinski definition) is 1. The molecule has 1 fully saturated rings. The van der Waals surface area contributed by atoms with Crippen molar-refractivity contribution in [2.75, 3.05) is 0 Å². The summed E-state index contributed by atoms with van der Waals surface area (Å²) in [6.07, 6.45) is 2.22. The molecule has 104 valence electrons. The maximum atomic E-state index is 11.6. The average molecular weight is 271 g/mol. The molecule has 3 rings (SSSR count). The second-order valence-corrected chi connectivity index (χ2v) is 5.43. The van der Waals surface area contributed by atoms with Crippen LogP contribution < -0.4 is 0 Å². The monoisotopic (exact) mass is 271 g/mol. The minimum Gasteiger partial charge on any atom is -0.478 e. The Morgan fingerprint density at radius 3 is 2.45 bits per heavy atom. The second-order valence-electron chi connectivity index (χ2n) is 5.43. The molecule has 1 aliphatic rings. The summed E-state index contributed by atoms with van der Waals surface area (Å²) in [5.74, 6) is 0.618. The number of nitrogens with zero attached hydrogens (tertiary/aromatic N) is 3. The van der Waals surface area contributed by atoms with Crippen LogP contribution in [0.3, 0.4) is 0 Å². The topological polar surface area (TPSA) is 68.0 Å². The summed E-state index contributed by atoms with van der Waals surface area (Å²) in [4.78, 5) is 11.6. The zero-order valence-corrected chi connectivity index (χ0v) is 11.8. The first kappa shape index (κ1) is 12.8. The van der Waals surface area contributed by atoms with Gasteiger partial charge in [-0.1, -0.05) is 12.1 Å². The summed E-state index contributed by atoms with van der Waals surface area (Å²) in [7, 11) is 0. The third-order valence-corrected chi connectivity index (χ3v) is 3.84. The third kappa shape index (κ3) is 1.90. The lowest BCUT2D eigenvalue weighted by Gasteiger charge is -2.13. The maximum absolute atomic E-state index is 11.6. The summed E-state index contributed by atoms with van der Waals surface area (Å²) < 4.78 is 2.08. The van der Waals surface area contributed by atoms with Gasteiger partial charge in [-0.2, -0.15) is 0 Å². The fraction of sp³-hybridized carbons (Fsp3) is 0.400. The van der Waals surface area contributed by atoms with Gasteiger partial charge in [0.2, 0.25) is 0 Å². The summed E-state index contributed by atoms with van der Waals surface area (Å²) in [5.41, 5.74) is 2.70. The van der Waals surface area contributed by atoms with E-state index in [1.807, 2.05) is 32.9 Å². The van der Waals surface area contributed by atoms with E-state index in [1.165, 1.54) is 0 Å². The predicted octanol–water partition coefficient (Wildman–Crippen LogP) is 2.90. The Labute approximate surface area is 117 Å². The number of aromatic nitrogens is 3. The zero-order chi connectivity index (χ0) is 14.4. The molecular weight excluding hydrogens is 254 g/mol. The summed E-state index contributed by atoms with van der Waals surface area (Å²) in [6, 6.07) is 4.20. The Bertz CT molecular complexity index is 699. The highest BCUT2D eigenvalue weighted by Crippen LogP contribution is 2.40. The SMILES string of the molecule is Cc1ccc(C)c(-c2nnc(C)n2C2CC2)c1C(=O)O. The minimum absolute atomic E-state index is 0.333. The molecule has 1 heterocycles. The van der Waals surface area contributed by atoms with Crippen molar-refractivity contribution in [3.05, 3.63) is 34.6 Å². The summed E-state index contributed by atoms with van der Waals surface area (Å²) >= 11 is 0. The molecule has 0 atom stereocenters. The molecular formula is C15H17N3O2. The second kappa shape index (κ2) is 4.44. The smallest absolute Gasteiger partial charge is 0.336 e. The molecule has 2 aromatic rings. The van der Waals surface area contributed by atoms with Gasteiger partial charge >= 0.3 is 5.97 Å². The van der Waals surface area contributed by atoms with Gasteiger partial charge in [-0.05, 0) is 44.7 Å². The van der Waals surface area contributed by atoms with Crippen LogP contribution in [0.25, 0.3) is 11.4 Å². The van der Waals surface area contributed by atoms with E-state index >= 15 is 0 Å². The van der Waals surface area contributed by atoms with Crippen LogP contribution in [0.2, 0.25) is 0 Å². The number of carboxylic acid groups (broad SMARTS) is 1. The van der Waals surface area contributed by atoms with E-state index in [9.17, 15) is 9.90 Å². The van der Waals surface area contributed by atoms with Crippen LogP contribution >= 0.6 is 0 Å². The van der Waals surface area contributed by atoms with Gasteiger partial charge < -0.3 is 9.67 Å². The molecule has 0 radical (unpaired) electrons. The standard InChI is InChI=1S/C15H17N3O2/c1-8-4-5-9(2)13(15(19)20)12(8)14-17-16-10(3)18(14)11-6-7-11/h4-5,11H,6-7H2,1-3H3,(H,19,20). The van der Waals surface area contributed by atoms with Crippen molar-refractivity contribution in [2.24, 2.45) is 0 Å². The molecule has 20 heavy (non-hydrogen) atoms. The molecule has 0 aliphatic heterocycles. The Hall–Kier alpha value is -2.17. The Morgan fingerprint density at radius 1 is 1.20 bits per heavy atom. The van der Waals surface area contributed by atoms with Crippen molar-refractivity contribution in [1.82, 2.24) is 14.8 Å². The van der Waals surface area contributed by atoms with E-state index in [2.05, 4.69) is 14.8 Å². The number of rotatable bonds is 3. The summed E-state index contributed by atoms with van der Waals surface area (Å²) in [5, 5.41) is 17.9. The van der Waals surface area contributed by atoms with Gasteiger partial charge in [0.25, 0.3) is 0 Å². The Morgan fingerprint density at radius 2 is 1.85 bits per heavy atom. The van der Waals surface area contributed by atoms with Gasteiger partial charge in [0, 0.05) is 11.6 Å². The molecule has 0 saturated heterocycles. The Kier molecular flexibility index (Phi) is 2.85. The van der Waals surface area contributed by atoms with Crippen LogP contribution in [0, 0.1) is 20.8 Å². The van der Waals surface area contributed by atoms with Crippen molar-refractivity contribution in [3.63, 3.8) is 0 Å². The van der Waals surface area contributed by atoms with Crippen LogP contribution in [-0.4, -0.2) is 25.8 Å². The number of carbonyl (C=O) groups is 1. The van der Waals surface area contributed by atoms with Crippen LogP contribution in [0.1, 0.15) is 46.2 Å². The Balaban J connectivity index is 2.29. The molecule has 1 aromatic heterocycles. The maximum Gasteiger partial charge on any atom is 0.336 e. The van der Waals surface area contributed by atoms with E-state index < -0.39 is 5.97 Å². The van der Waals surface area contributed by atoms with E-state index in [4.69, 9.17) is 0 Å². The number of aromatic carboxylic acids is 1. The van der Waals surface area contributed by atoms with E-state index in [0.29, 0.717) is 23.0 Å². The van der Waals surface area contributed by atoms with E-state index in [0.717, 1.165) is 29.8 Å². The van der Waals surface area contributed by atoms with Gasteiger partial charge in [-0.3, -0.25) is 0 Å². The van der Waals surface area contributed by atoms with E-state index in [1.54, 1.807) is 0 Å². The van der Waals surface area contributed by atoms with Crippen molar-refractivity contribution in [3.8, 4) is 11.4 Å². The van der Waals surface area contributed by atoms with Gasteiger partial charge in [-0.25, -0.2) is 4.79 Å². The largest absolute Gasteiger partial charge is 0.478 e. The van der Waals surface area contributed by atoms with E-state index in [-0.39, 0.29) is 0 Å². The quantitative estimate of drug-likeness (QED) is 0.932. The lowest BCUT2D eigenvalue weighted by molar-refractivity contribution is 0.0696. The first-order valence-corrected chi connectivity index (χ1v) is 6.76. The number of carboxylic acids is 1. The molecule has 0 bridgehead atoms. The average Bonchev–Trinajstić information content (AvgIpc) is 3.15. The van der Waals surface area contributed by atoms with Crippen molar-refractivity contribution < 1.29 is 9.90 Å². The molecule has 5 heteroatoms. The van der Waals surface area contributed by atoms with Crippen LogP contribution in [0.4, 0.5) is 0 Å². The first-order valence-electron chi connectivity index (χ1n) is 6.76. The molecule has 5 nitrogen and oxygen atoms in total. The third-order valence-electron chi connectivity index (χ3n) is 3.84. The van der Waals surface area contributed by atoms with Crippen molar-refractivity contribution >= 4 is 5.97 Å². The highest BCUT2D eigenvalue weighted by Gasteiger charge is 2.31. The lowest BCUT2D eigenvalue weighted by atomic mass is 9.96. The first-order chi connectivity index (χ1) is 9.50. The molecule has 1 aliphatic carbocycles. The zero-order valence-electron chi connectivity index (χ0n) is 11.8. The van der Waals surface area contributed by atoms with Crippen LogP contribution in [0.15, 0.2) is 12.1 Å². The highest BCUT2D eigenvalue weighted by atomic mass is 16.4. The van der Waals surface area contributed by atoms with Gasteiger partial charge in [0.05, 0.1) is 5.56 Å². The highest BCUT2D eigenvalue weighted by molar-refractivity contribution is 5.97. The van der Waals surface area contributed by atoms with Gasteiger partial charge in [-0.15, -0.1) is 10.2 Å². The fourth-order valence-electron chi connectivity index (χ4n) is 2.68. The predicted molar refractivity (Wildman–Crippen MR) is 74.9 cm³/mol. The normalized spacial score (nSPS) is 14.6. The molecule has 1 saturated carbocycles. The van der Waals surface area contributed by atoms with Crippen LogP contribution in [-0.2, 0) is 0 Å². The molecule has 0 spiro atoms. The van der Waals surface area contributed by atoms with Crippen LogP contribution in [0.5, 0.6) is 0 Å². The fourth-order valence-corrected chi connectivity index (χ4v) is 2.68. The minimum atomic E-state index is -0.913. The van der Waals surface area contributed by atoms with Gasteiger partial charge in [0.1, 0.15) is 5.82 Å². The molecule has 1 aromatic carbocycles. The van der Waals surface area contributed by atoms with Crippen molar-refractivity contribution in [1.29, 1.82) is 0 Å². The molecule has 0 unspecified atom stereocenters. The number of aryl methyl sites for hydroxylation is 3. The van der Waals surface area contributed by atoms with Gasteiger partial charge in [0.15, 0.2) is 5.82 Å². The molecule has 0 amide bonds. The summed E-state index contributed by atoms with van der Waals surface area (Å²) in [6.45, 7) is 5.65. The number of hydrogen-bond acceptors (Lipinski definition) is 3. The van der Waals surface area contributed by atoms with Crippen molar-refractivity contribution in [2.45, 2.75) is 39.7 Å².